The van der Waals surface area contributed by atoms with E-state index >= 15 is 0 Å². The van der Waals surface area contributed by atoms with Crippen LogP contribution in [0.2, 0.25) is 0 Å². The van der Waals surface area contributed by atoms with Gasteiger partial charge in [0.05, 0.1) is 0 Å². The molecule has 1 aliphatic carbocycles. The topological polar surface area (TPSA) is 41.4 Å². The predicted molar refractivity (Wildman–Crippen MR) is 119 cm³/mol. The van der Waals surface area contributed by atoms with Crippen molar-refractivity contribution in [2.45, 2.75) is 43.7 Å². The molecule has 0 radical (unpaired) electrons. The summed E-state index contributed by atoms with van der Waals surface area (Å²) in [7, 11) is 0. The molecule has 0 atom stereocenters. The minimum absolute atomic E-state index is 0.159. The molecule has 1 aromatic carbocycles. The summed E-state index contributed by atoms with van der Waals surface area (Å²) in [5.41, 5.74) is 1.82. The van der Waals surface area contributed by atoms with Gasteiger partial charge in [-0.25, -0.2) is 4.98 Å². The molecule has 1 aliphatic heterocycles. The highest BCUT2D eigenvalue weighted by atomic mass is 32.2. The van der Waals surface area contributed by atoms with Gasteiger partial charge in [-0.1, -0.05) is 31.0 Å². The van der Waals surface area contributed by atoms with E-state index in [1.165, 1.54) is 38.6 Å². The van der Waals surface area contributed by atoms with E-state index in [2.05, 4.69) is 9.88 Å². The highest BCUT2D eigenvalue weighted by Crippen LogP contribution is 2.25. The van der Waals surface area contributed by atoms with Crippen LogP contribution in [0.15, 0.2) is 41.8 Å². The van der Waals surface area contributed by atoms with E-state index in [1.807, 2.05) is 46.2 Å². The zero-order valence-corrected chi connectivity index (χ0v) is 18.2. The van der Waals surface area contributed by atoms with E-state index in [4.69, 9.17) is 0 Å². The van der Waals surface area contributed by atoms with Crippen molar-refractivity contribution in [2.24, 2.45) is 5.92 Å². The molecule has 0 unspecified atom stereocenters. The molecule has 1 saturated carbocycles. The Morgan fingerprint density at radius 1 is 1.03 bits per heavy atom. The second-order valence-corrected chi connectivity index (χ2v) is 9.05. The molecule has 0 bridgehead atoms. The fraction of sp³-hybridized carbons (Fsp3) is 0.565. The smallest absolute Gasteiger partial charge is 0.253 e. The number of thioether (sulfide) groups is 1. The second kappa shape index (κ2) is 9.81. The number of imidazole rings is 1. The van der Waals surface area contributed by atoms with Gasteiger partial charge < -0.3 is 9.80 Å². The van der Waals surface area contributed by atoms with Gasteiger partial charge in [-0.2, -0.15) is 0 Å². The van der Waals surface area contributed by atoms with Gasteiger partial charge in [0.2, 0.25) is 0 Å². The molecule has 1 aromatic heterocycles. The first-order chi connectivity index (χ1) is 14.2. The highest BCUT2D eigenvalue weighted by molar-refractivity contribution is 7.98. The van der Waals surface area contributed by atoms with Gasteiger partial charge in [0.1, 0.15) is 0 Å². The zero-order chi connectivity index (χ0) is 20.1. The monoisotopic (exact) mass is 412 g/mol. The lowest BCUT2D eigenvalue weighted by Crippen LogP contribution is -2.36. The maximum Gasteiger partial charge on any atom is 0.253 e. The molecule has 2 heterocycles. The summed E-state index contributed by atoms with van der Waals surface area (Å²) >= 11 is 1.62. The molecule has 0 spiro atoms. The first-order valence-electron chi connectivity index (χ1n) is 10.9. The molecule has 1 saturated heterocycles. The molecular formula is C23H32N4OS. The number of hydrogen-bond acceptors (Lipinski definition) is 4. The summed E-state index contributed by atoms with van der Waals surface area (Å²) in [5, 5.41) is 0.953. The van der Waals surface area contributed by atoms with Gasteiger partial charge in [0.25, 0.3) is 5.91 Å². The normalized spacial score (nSPS) is 19.3. The SMILES string of the molecule is CSc1nccn1-c1ccc(C(=O)N2CCCN(CC3CCCCC3)CC2)cc1. The molecule has 4 rings (SSSR count). The Morgan fingerprint density at radius 3 is 2.59 bits per heavy atom. The van der Waals surface area contributed by atoms with Gasteiger partial charge in [-0.3, -0.25) is 9.36 Å². The van der Waals surface area contributed by atoms with Crippen LogP contribution in [0.5, 0.6) is 0 Å². The largest absolute Gasteiger partial charge is 0.337 e. The van der Waals surface area contributed by atoms with E-state index in [-0.39, 0.29) is 5.91 Å². The number of hydrogen-bond donors (Lipinski definition) is 0. The number of nitrogens with zero attached hydrogens (tertiary/aromatic N) is 4. The van der Waals surface area contributed by atoms with Gasteiger partial charge in [-0.05, 0) is 62.2 Å². The molecule has 1 amide bonds. The highest BCUT2D eigenvalue weighted by Gasteiger charge is 2.23. The summed E-state index contributed by atoms with van der Waals surface area (Å²) in [5.74, 6) is 1.03. The average molecular weight is 413 g/mol. The Morgan fingerprint density at radius 2 is 1.83 bits per heavy atom. The van der Waals surface area contributed by atoms with Crippen LogP contribution in [0, 0.1) is 5.92 Å². The second-order valence-electron chi connectivity index (χ2n) is 8.28. The summed E-state index contributed by atoms with van der Waals surface area (Å²) in [6, 6.07) is 7.93. The van der Waals surface area contributed by atoms with Crippen molar-refractivity contribution in [1.29, 1.82) is 0 Å². The molecule has 5 nitrogen and oxygen atoms in total. The van der Waals surface area contributed by atoms with Crippen LogP contribution in [0.3, 0.4) is 0 Å². The summed E-state index contributed by atoms with van der Waals surface area (Å²) < 4.78 is 2.05. The van der Waals surface area contributed by atoms with Crippen LogP contribution in [-0.2, 0) is 0 Å². The average Bonchev–Trinajstić information content (AvgIpc) is 3.13. The lowest BCUT2D eigenvalue weighted by molar-refractivity contribution is 0.0760. The lowest BCUT2D eigenvalue weighted by atomic mass is 9.89. The first kappa shape index (κ1) is 20.5. The fourth-order valence-corrected chi connectivity index (χ4v) is 5.21. The third kappa shape index (κ3) is 5.04. The van der Waals surface area contributed by atoms with Gasteiger partial charge in [0.15, 0.2) is 5.16 Å². The Balaban J connectivity index is 1.35. The number of amides is 1. The van der Waals surface area contributed by atoms with E-state index in [0.29, 0.717) is 0 Å². The van der Waals surface area contributed by atoms with Crippen LogP contribution in [0.1, 0.15) is 48.9 Å². The van der Waals surface area contributed by atoms with Crippen LogP contribution >= 0.6 is 11.8 Å². The summed E-state index contributed by atoms with van der Waals surface area (Å²) in [4.78, 5) is 22.0. The molecule has 2 aromatic rings. The molecule has 0 N–H and O–H groups in total. The number of aromatic nitrogens is 2. The van der Waals surface area contributed by atoms with Crippen LogP contribution in [-0.4, -0.2) is 64.2 Å². The maximum absolute atomic E-state index is 13.1. The van der Waals surface area contributed by atoms with Crippen LogP contribution < -0.4 is 0 Å². The van der Waals surface area contributed by atoms with E-state index in [9.17, 15) is 4.79 Å². The molecule has 156 valence electrons. The maximum atomic E-state index is 13.1. The van der Waals surface area contributed by atoms with Gasteiger partial charge in [-0.15, -0.1) is 0 Å². The molecule has 2 fully saturated rings. The van der Waals surface area contributed by atoms with Crippen molar-refractivity contribution in [3.05, 3.63) is 42.2 Å². The standard InChI is InChI=1S/C23H32N4OS/c1-29-23-24-12-15-27(23)21-10-8-20(9-11-21)22(28)26-14-5-13-25(16-17-26)18-19-6-3-2-4-7-19/h8-12,15,19H,2-7,13-14,16-18H2,1H3. The predicted octanol–water partition coefficient (Wildman–Crippen LogP) is 4.32. The van der Waals surface area contributed by atoms with Crippen LogP contribution in [0.25, 0.3) is 5.69 Å². The Bertz CT molecular complexity index is 797. The van der Waals surface area contributed by atoms with Gasteiger partial charge >= 0.3 is 0 Å². The Kier molecular flexibility index (Phi) is 6.93. The van der Waals surface area contributed by atoms with Crippen molar-refractivity contribution in [1.82, 2.24) is 19.4 Å². The zero-order valence-electron chi connectivity index (χ0n) is 17.4. The van der Waals surface area contributed by atoms with Crippen molar-refractivity contribution < 1.29 is 4.79 Å². The number of benzene rings is 1. The van der Waals surface area contributed by atoms with Crippen molar-refractivity contribution in [2.75, 3.05) is 39.0 Å². The molecular weight excluding hydrogens is 380 g/mol. The fourth-order valence-electron chi connectivity index (χ4n) is 4.68. The lowest BCUT2D eigenvalue weighted by Gasteiger charge is -2.28. The van der Waals surface area contributed by atoms with Crippen molar-refractivity contribution in [3.63, 3.8) is 0 Å². The minimum atomic E-state index is 0.159. The number of rotatable bonds is 5. The van der Waals surface area contributed by atoms with E-state index in [0.717, 1.165) is 54.9 Å². The minimum Gasteiger partial charge on any atom is -0.337 e. The number of carbonyl (C=O) groups is 1. The molecule has 29 heavy (non-hydrogen) atoms. The van der Waals surface area contributed by atoms with Crippen molar-refractivity contribution in [3.8, 4) is 5.69 Å². The quantitative estimate of drug-likeness (QED) is 0.686. The summed E-state index contributed by atoms with van der Waals surface area (Å²) in [6.07, 6.45) is 13.8. The van der Waals surface area contributed by atoms with Crippen LogP contribution in [0.4, 0.5) is 0 Å². The Labute approximate surface area is 178 Å². The van der Waals surface area contributed by atoms with E-state index in [1.54, 1.807) is 18.0 Å². The summed E-state index contributed by atoms with van der Waals surface area (Å²) in [6.45, 7) is 5.05. The van der Waals surface area contributed by atoms with Gasteiger partial charge in [0, 0.05) is 49.8 Å². The molecule has 6 heteroatoms. The Hall–Kier alpha value is -1.79. The first-order valence-corrected chi connectivity index (χ1v) is 12.2. The third-order valence-electron chi connectivity index (χ3n) is 6.30. The van der Waals surface area contributed by atoms with E-state index < -0.39 is 0 Å². The number of carbonyl (C=O) groups excluding carboxylic acids is 1. The third-order valence-corrected chi connectivity index (χ3v) is 6.97. The molecule has 2 aliphatic rings. The van der Waals surface area contributed by atoms with Crippen molar-refractivity contribution >= 4 is 17.7 Å².